The summed E-state index contributed by atoms with van der Waals surface area (Å²) in [5, 5.41) is 15.2. The van der Waals surface area contributed by atoms with Crippen molar-refractivity contribution in [2.24, 2.45) is 0 Å². The van der Waals surface area contributed by atoms with Crippen LogP contribution in [-0.2, 0) is 0 Å². The number of hydrogen-bond donors (Lipinski definition) is 1. The Labute approximate surface area is 96.0 Å². The minimum atomic E-state index is -0.473. The molecule has 1 N–H and O–H groups in total. The van der Waals surface area contributed by atoms with Crippen LogP contribution >= 0.6 is 11.3 Å². The van der Waals surface area contributed by atoms with Crippen LogP contribution in [0.5, 0.6) is 0 Å². The maximum absolute atomic E-state index is 11.9. The fourth-order valence-corrected chi connectivity index (χ4v) is 2.28. The van der Waals surface area contributed by atoms with Crippen molar-refractivity contribution in [2.45, 2.75) is 0 Å². The number of thiophene rings is 1. The first-order valence-corrected chi connectivity index (χ1v) is 5.79. The van der Waals surface area contributed by atoms with Crippen LogP contribution < -0.4 is 5.32 Å². The molecule has 0 saturated carbocycles. The summed E-state index contributed by atoms with van der Waals surface area (Å²) in [6, 6.07) is 1.34. The van der Waals surface area contributed by atoms with Crippen LogP contribution in [0.2, 0.25) is 0 Å². The monoisotopic (exact) mass is 241 g/mol. The average Bonchev–Trinajstić information content (AvgIpc) is 2.78. The molecule has 0 aromatic carbocycles. The lowest BCUT2D eigenvalue weighted by Gasteiger charge is -2.26. The molecule has 1 aromatic rings. The Kier molecular flexibility index (Phi) is 3.16. The van der Waals surface area contributed by atoms with Gasteiger partial charge in [-0.05, 0) is 0 Å². The van der Waals surface area contributed by atoms with Gasteiger partial charge < -0.3 is 10.2 Å². The highest BCUT2D eigenvalue weighted by Gasteiger charge is 2.21. The fourth-order valence-electron chi connectivity index (χ4n) is 1.58. The highest BCUT2D eigenvalue weighted by Crippen LogP contribution is 2.23. The van der Waals surface area contributed by atoms with Crippen molar-refractivity contribution in [3.63, 3.8) is 0 Å². The molecule has 2 rings (SSSR count). The summed E-state index contributed by atoms with van der Waals surface area (Å²) in [5.41, 5.74) is 0.415. The van der Waals surface area contributed by atoms with Crippen molar-refractivity contribution in [3.05, 3.63) is 27.1 Å². The second kappa shape index (κ2) is 4.58. The molecule has 0 spiro atoms. The summed E-state index contributed by atoms with van der Waals surface area (Å²) in [7, 11) is 0. The maximum atomic E-state index is 11.9. The van der Waals surface area contributed by atoms with Crippen LogP contribution in [0.4, 0.5) is 5.00 Å². The van der Waals surface area contributed by atoms with Crippen molar-refractivity contribution >= 4 is 22.2 Å². The van der Waals surface area contributed by atoms with E-state index in [-0.39, 0.29) is 10.9 Å². The molecule has 1 saturated heterocycles. The van der Waals surface area contributed by atoms with E-state index in [1.165, 1.54) is 6.07 Å². The van der Waals surface area contributed by atoms with Crippen molar-refractivity contribution < 1.29 is 9.72 Å². The first-order valence-electron chi connectivity index (χ1n) is 4.91. The second-order valence-corrected chi connectivity index (χ2v) is 4.36. The normalized spacial score (nSPS) is 16.1. The summed E-state index contributed by atoms with van der Waals surface area (Å²) in [5.74, 6) is -0.120. The molecule has 1 aliphatic rings. The Morgan fingerprint density at radius 2 is 2.19 bits per heavy atom. The molecule has 6 nitrogen and oxygen atoms in total. The van der Waals surface area contributed by atoms with Gasteiger partial charge in [-0.15, -0.1) is 0 Å². The van der Waals surface area contributed by atoms with E-state index in [1.54, 1.807) is 10.3 Å². The summed E-state index contributed by atoms with van der Waals surface area (Å²) < 4.78 is 0. The minimum Gasteiger partial charge on any atom is -0.336 e. The molecular formula is C9H11N3O3S. The molecule has 1 aromatic heterocycles. The predicted octanol–water partition coefficient (Wildman–Crippen LogP) is 0.702. The third-order valence-corrected chi connectivity index (χ3v) is 3.30. The number of nitro groups is 1. The third-order valence-electron chi connectivity index (χ3n) is 2.42. The lowest BCUT2D eigenvalue weighted by Crippen LogP contribution is -2.46. The van der Waals surface area contributed by atoms with E-state index >= 15 is 0 Å². The molecule has 16 heavy (non-hydrogen) atoms. The summed E-state index contributed by atoms with van der Waals surface area (Å²) in [4.78, 5) is 23.6. The van der Waals surface area contributed by atoms with Gasteiger partial charge >= 0.3 is 5.00 Å². The minimum absolute atomic E-state index is 0.0125. The molecular weight excluding hydrogens is 230 g/mol. The van der Waals surface area contributed by atoms with Gasteiger partial charge in [-0.1, -0.05) is 11.3 Å². The molecule has 0 bridgehead atoms. The van der Waals surface area contributed by atoms with Gasteiger partial charge in [0.15, 0.2) is 0 Å². The highest BCUT2D eigenvalue weighted by molar-refractivity contribution is 7.13. The van der Waals surface area contributed by atoms with E-state index in [0.29, 0.717) is 18.7 Å². The third kappa shape index (κ3) is 2.20. The molecule has 1 amide bonds. The zero-order chi connectivity index (χ0) is 11.5. The molecule has 7 heteroatoms. The number of rotatable bonds is 2. The fraction of sp³-hybridized carbons (Fsp3) is 0.444. The Hall–Kier alpha value is -1.47. The van der Waals surface area contributed by atoms with Gasteiger partial charge in [0, 0.05) is 37.6 Å². The lowest BCUT2D eigenvalue weighted by atomic mass is 10.2. The quantitative estimate of drug-likeness (QED) is 0.611. The summed E-state index contributed by atoms with van der Waals surface area (Å²) in [6.45, 7) is 2.86. The summed E-state index contributed by atoms with van der Waals surface area (Å²) in [6.07, 6.45) is 0. The van der Waals surface area contributed by atoms with Crippen molar-refractivity contribution in [1.82, 2.24) is 10.2 Å². The van der Waals surface area contributed by atoms with Crippen LogP contribution in [0.1, 0.15) is 10.4 Å². The van der Waals surface area contributed by atoms with Gasteiger partial charge in [-0.2, -0.15) is 0 Å². The van der Waals surface area contributed by atoms with E-state index in [0.717, 1.165) is 24.4 Å². The van der Waals surface area contributed by atoms with Gasteiger partial charge in [0.25, 0.3) is 5.91 Å². The van der Waals surface area contributed by atoms with Gasteiger partial charge in [-0.3, -0.25) is 14.9 Å². The number of carbonyl (C=O) groups excluding carboxylic acids is 1. The molecule has 2 heterocycles. The number of hydrogen-bond acceptors (Lipinski definition) is 5. The standard InChI is InChI=1S/C9H11N3O3S/c13-9(11-3-1-10-2-4-11)7-5-8(12(14)15)16-6-7/h5-6,10H,1-4H2. The van der Waals surface area contributed by atoms with Crippen molar-refractivity contribution in [1.29, 1.82) is 0 Å². The van der Waals surface area contributed by atoms with E-state index in [4.69, 9.17) is 0 Å². The SMILES string of the molecule is O=C(c1csc([N+](=O)[O-])c1)N1CCNCC1. The first-order chi connectivity index (χ1) is 7.68. The molecule has 0 atom stereocenters. The van der Waals surface area contributed by atoms with Gasteiger partial charge in [0.1, 0.15) is 0 Å². The topological polar surface area (TPSA) is 75.5 Å². The molecule has 0 unspecified atom stereocenters. The number of amides is 1. The van der Waals surface area contributed by atoms with E-state index in [1.807, 2.05) is 0 Å². The smallest absolute Gasteiger partial charge is 0.324 e. The van der Waals surface area contributed by atoms with Crippen LogP contribution in [0, 0.1) is 10.1 Å². The van der Waals surface area contributed by atoms with Crippen LogP contribution in [0.25, 0.3) is 0 Å². The Bertz CT molecular complexity index is 412. The molecule has 1 fully saturated rings. The van der Waals surface area contributed by atoms with Crippen LogP contribution in [0.15, 0.2) is 11.4 Å². The Morgan fingerprint density at radius 1 is 1.50 bits per heavy atom. The molecule has 0 radical (unpaired) electrons. The molecule has 86 valence electrons. The maximum Gasteiger partial charge on any atom is 0.324 e. The van der Waals surface area contributed by atoms with Gasteiger partial charge in [0.05, 0.1) is 10.5 Å². The van der Waals surface area contributed by atoms with Crippen molar-refractivity contribution in [2.75, 3.05) is 26.2 Å². The lowest BCUT2D eigenvalue weighted by molar-refractivity contribution is -0.380. The zero-order valence-electron chi connectivity index (χ0n) is 8.51. The second-order valence-electron chi connectivity index (χ2n) is 3.47. The number of nitrogens with zero attached hydrogens (tertiary/aromatic N) is 2. The average molecular weight is 241 g/mol. The predicted molar refractivity (Wildman–Crippen MR) is 59.7 cm³/mol. The Morgan fingerprint density at radius 3 is 2.75 bits per heavy atom. The number of carbonyl (C=O) groups is 1. The van der Waals surface area contributed by atoms with Crippen LogP contribution in [0.3, 0.4) is 0 Å². The number of piperazine rings is 1. The molecule has 0 aliphatic carbocycles. The van der Waals surface area contributed by atoms with E-state index in [9.17, 15) is 14.9 Å². The molecule has 1 aliphatic heterocycles. The Balaban J connectivity index is 2.10. The van der Waals surface area contributed by atoms with E-state index < -0.39 is 4.92 Å². The first kappa shape index (κ1) is 11.0. The van der Waals surface area contributed by atoms with E-state index in [2.05, 4.69) is 5.32 Å². The largest absolute Gasteiger partial charge is 0.336 e. The van der Waals surface area contributed by atoms with Crippen LogP contribution in [-0.4, -0.2) is 41.9 Å². The highest BCUT2D eigenvalue weighted by atomic mass is 32.1. The van der Waals surface area contributed by atoms with Crippen molar-refractivity contribution in [3.8, 4) is 0 Å². The summed E-state index contributed by atoms with van der Waals surface area (Å²) >= 11 is 0.988. The van der Waals surface area contributed by atoms with Gasteiger partial charge in [-0.25, -0.2) is 0 Å². The zero-order valence-corrected chi connectivity index (χ0v) is 9.33. The number of nitrogens with one attached hydrogen (secondary N) is 1. The van der Waals surface area contributed by atoms with Gasteiger partial charge in [0.2, 0.25) is 0 Å².